The first-order valence-electron chi connectivity index (χ1n) is 3.37. The predicted octanol–water partition coefficient (Wildman–Crippen LogP) is -0.0687. The Morgan fingerprint density at radius 1 is 1.38 bits per heavy atom. The second kappa shape index (κ2) is 3.61. The van der Waals surface area contributed by atoms with Crippen molar-refractivity contribution >= 4 is 11.9 Å². The molecule has 0 atom stereocenters. The van der Waals surface area contributed by atoms with Gasteiger partial charge in [-0.15, -0.1) is 0 Å². The molecule has 0 unspecified atom stereocenters. The van der Waals surface area contributed by atoms with E-state index >= 15 is 0 Å². The summed E-state index contributed by atoms with van der Waals surface area (Å²) in [6, 6.07) is 3.00. The Hall–Kier alpha value is -1.98. The summed E-state index contributed by atoms with van der Waals surface area (Å²) in [5.41, 5.74) is 0. The van der Waals surface area contributed by atoms with E-state index in [9.17, 15) is 9.59 Å². The minimum Gasteiger partial charge on any atom is -0.478 e. The standard InChI is InChI=1S/C7H7NO5/c9-6(10)5(7(11)12)13-4-2-1-3-8-4/h1-3,5,8H,(H,9,10)(H,11,12). The van der Waals surface area contributed by atoms with Crippen molar-refractivity contribution in [2.45, 2.75) is 6.10 Å². The third-order valence-electron chi connectivity index (χ3n) is 1.26. The van der Waals surface area contributed by atoms with Crippen molar-refractivity contribution < 1.29 is 24.5 Å². The van der Waals surface area contributed by atoms with Crippen LogP contribution in [0.3, 0.4) is 0 Å². The summed E-state index contributed by atoms with van der Waals surface area (Å²) in [5, 5.41) is 16.8. The molecule has 0 spiro atoms. The largest absolute Gasteiger partial charge is 0.478 e. The zero-order chi connectivity index (χ0) is 9.84. The van der Waals surface area contributed by atoms with E-state index in [0.29, 0.717) is 0 Å². The van der Waals surface area contributed by atoms with E-state index in [1.807, 2.05) is 0 Å². The lowest BCUT2D eigenvalue weighted by atomic mass is 10.4. The van der Waals surface area contributed by atoms with Crippen LogP contribution < -0.4 is 4.74 Å². The SMILES string of the molecule is O=C(O)C(Oc1ccc[nH]1)C(=O)O. The Morgan fingerprint density at radius 3 is 2.38 bits per heavy atom. The maximum atomic E-state index is 10.3. The molecule has 6 nitrogen and oxygen atoms in total. The van der Waals surface area contributed by atoms with E-state index in [4.69, 9.17) is 10.2 Å². The lowest BCUT2D eigenvalue weighted by Crippen LogP contribution is -2.35. The van der Waals surface area contributed by atoms with E-state index in [1.54, 1.807) is 6.07 Å². The lowest BCUT2D eigenvalue weighted by Gasteiger charge is -2.07. The highest BCUT2D eigenvalue weighted by Gasteiger charge is 2.28. The number of hydrogen-bond acceptors (Lipinski definition) is 3. The van der Waals surface area contributed by atoms with Crippen LogP contribution in [0.4, 0.5) is 0 Å². The van der Waals surface area contributed by atoms with Gasteiger partial charge in [0.25, 0.3) is 6.10 Å². The molecule has 0 saturated heterocycles. The van der Waals surface area contributed by atoms with Crippen molar-refractivity contribution in [2.24, 2.45) is 0 Å². The van der Waals surface area contributed by atoms with Crippen molar-refractivity contribution in [2.75, 3.05) is 0 Å². The lowest BCUT2D eigenvalue weighted by molar-refractivity contribution is -0.159. The Bertz CT molecular complexity index is 291. The van der Waals surface area contributed by atoms with Gasteiger partial charge in [-0.2, -0.15) is 0 Å². The van der Waals surface area contributed by atoms with Crippen molar-refractivity contribution in [3.63, 3.8) is 0 Å². The molecule has 0 fully saturated rings. The van der Waals surface area contributed by atoms with E-state index in [-0.39, 0.29) is 5.88 Å². The second-order valence-corrected chi connectivity index (χ2v) is 2.21. The van der Waals surface area contributed by atoms with Gasteiger partial charge in [0, 0.05) is 6.20 Å². The molecule has 0 amide bonds. The highest BCUT2D eigenvalue weighted by molar-refractivity contribution is 5.96. The van der Waals surface area contributed by atoms with E-state index in [0.717, 1.165) is 0 Å². The van der Waals surface area contributed by atoms with Gasteiger partial charge in [0.2, 0.25) is 0 Å². The molecular weight excluding hydrogens is 178 g/mol. The van der Waals surface area contributed by atoms with Crippen LogP contribution >= 0.6 is 0 Å². The summed E-state index contributed by atoms with van der Waals surface area (Å²) in [4.78, 5) is 23.2. The third kappa shape index (κ3) is 2.22. The summed E-state index contributed by atoms with van der Waals surface area (Å²) >= 11 is 0. The number of carboxylic acids is 2. The predicted molar refractivity (Wildman–Crippen MR) is 40.5 cm³/mol. The van der Waals surface area contributed by atoms with Crippen LogP contribution in [-0.2, 0) is 9.59 Å². The van der Waals surface area contributed by atoms with Gasteiger partial charge in [-0.3, -0.25) is 0 Å². The molecule has 13 heavy (non-hydrogen) atoms. The summed E-state index contributed by atoms with van der Waals surface area (Å²) in [6.45, 7) is 0. The summed E-state index contributed by atoms with van der Waals surface area (Å²) < 4.78 is 4.62. The minimum atomic E-state index is -1.88. The molecule has 3 N–H and O–H groups in total. The van der Waals surface area contributed by atoms with Crippen LogP contribution in [0.25, 0.3) is 0 Å². The molecule has 0 radical (unpaired) electrons. The highest BCUT2D eigenvalue weighted by Crippen LogP contribution is 2.07. The molecule has 0 aromatic carbocycles. The normalized spacial score (nSPS) is 9.92. The molecule has 6 heteroatoms. The number of aliphatic carboxylic acids is 2. The topological polar surface area (TPSA) is 99.6 Å². The van der Waals surface area contributed by atoms with E-state index in [1.165, 1.54) is 12.3 Å². The summed E-state index contributed by atoms with van der Waals surface area (Å²) in [6.07, 6.45) is -0.380. The third-order valence-corrected chi connectivity index (χ3v) is 1.26. The summed E-state index contributed by atoms with van der Waals surface area (Å²) in [5.74, 6) is -2.97. The first-order valence-corrected chi connectivity index (χ1v) is 3.37. The Morgan fingerprint density at radius 2 is 2.00 bits per heavy atom. The van der Waals surface area contributed by atoms with Gasteiger partial charge in [0.1, 0.15) is 0 Å². The molecule has 1 rings (SSSR count). The van der Waals surface area contributed by atoms with Crippen LogP contribution in [-0.4, -0.2) is 33.2 Å². The Balaban J connectivity index is 2.69. The number of aromatic amines is 1. The quantitative estimate of drug-likeness (QED) is 0.570. The van der Waals surface area contributed by atoms with Crippen molar-refractivity contribution in [3.8, 4) is 5.88 Å². The van der Waals surface area contributed by atoms with Crippen molar-refractivity contribution in [1.29, 1.82) is 0 Å². The van der Waals surface area contributed by atoms with Gasteiger partial charge < -0.3 is 19.9 Å². The van der Waals surface area contributed by atoms with Crippen LogP contribution in [0.15, 0.2) is 18.3 Å². The van der Waals surface area contributed by atoms with Gasteiger partial charge in [-0.25, -0.2) is 9.59 Å². The molecule has 0 saturated carbocycles. The zero-order valence-corrected chi connectivity index (χ0v) is 6.43. The van der Waals surface area contributed by atoms with Crippen LogP contribution in [0, 0.1) is 0 Å². The van der Waals surface area contributed by atoms with Gasteiger partial charge in [-0.05, 0) is 12.1 Å². The monoisotopic (exact) mass is 185 g/mol. The fraction of sp³-hybridized carbons (Fsp3) is 0.143. The highest BCUT2D eigenvalue weighted by atomic mass is 16.5. The molecule has 0 aliphatic heterocycles. The van der Waals surface area contributed by atoms with E-state index < -0.39 is 18.0 Å². The Kier molecular flexibility index (Phi) is 2.53. The number of hydrogen-bond donors (Lipinski definition) is 3. The number of rotatable bonds is 4. The van der Waals surface area contributed by atoms with Gasteiger partial charge in [0.05, 0.1) is 0 Å². The van der Waals surface area contributed by atoms with Crippen LogP contribution in [0.1, 0.15) is 0 Å². The first-order chi connectivity index (χ1) is 6.11. The summed E-state index contributed by atoms with van der Waals surface area (Å²) in [7, 11) is 0. The molecule has 1 aromatic heterocycles. The van der Waals surface area contributed by atoms with E-state index in [2.05, 4.69) is 9.72 Å². The number of carbonyl (C=O) groups is 2. The zero-order valence-electron chi connectivity index (χ0n) is 6.43. The van der Waals surface area contributed by atoms with Crippen molar-refractivity contribution in [3.05, 3.63) is 18.3 Å². The fourth-order valence-electron chi connectivity index (χ4n) is 0.721. The second-order valence-electron chi connectivity index (χ2n) is 2.21. The van der Waals surface area contributed by atoms with Crippen LogP contribution in [0.2, 0.25) is 0 Å². The molecule has 1 heterocycles. The number of aromatic nitrogens is 1. The fourth-order valence-corrected chi connectivity index (χ4v) is 0.721. The first kappa shape index (κ1) is 9.11. The van der Waals surface area contributed by atoms with Gasteiger partial charge in [-0.1, -0.05) is 0 Å². The Labute approximate surface area is 72.8 Å². The number of nitrogens with one attached hydrogen (secondary N) is 1. The van der Waals surface area contributed by atoms with Crippen molar-refractivity contribution in [1.82, 2.24) is 4.98 Å². The molecule has 0 bridgehead atoms. The molecule has 70 valence electrons. The average molecular weight is 185 g/mol. The number of H-pyrrole nitrogens is 1. The number of carboxylic acid groups (broad SMARTS) is 2. The van der Waals surface area contributed by atoms with Gasteiger partial charge in [0.15, 0.2) is 5.88 Å². The van der Waals surface area contributed by atoms with Crippen LogP contribution in [0.5, 0.6) is 5.88 Å². The maximum Gasteiger partial charge on any atom is 0.356 e. The average Bonchev–Trinajstić information content (AvgIpc) is 2.50. The molecular formula is C7H7NO5. The molecule has 0 aliphatic rings. The smallest absolute Gasteiger partial charge is 0.356 e. The molecule has 1 aromatic rings. The number of ether oxygens (including phenoxy) is 1. The van der Waals surface area contributed by atoms with Gasteiger partial charge >= 0.3 is 11.9 Å². The minimum absolute atomic E-state index is 0.106. The maximum absolute atomic E-state index is 10.3. The molecule has 0 aliphatic carbocycles.